The zero-order valence-electron chi connectivity index (χ0n) is 9.58. The van der Waals surface area contributed by atoms with E-state index in [-0.39, 0.29) is 6.04 Å². The van der Waals surface area contributed by atoms with Crippen molar-refractivity contribution in [2.75, 3.05) is 26.7 Å². The zero-order chi connectivity index (χ0) is 10.9. The van der Waals surface area contributed by atoms with Crippen LogP contribution in [-0.4, -0.2) is 54.4 Å². The van der Waals surface area contributed by atoms with Crippen LogP contribution in [0.15, 0.2) is 0 Å². The Morgan fingerprint density at radius 3 is 2.87 bits per heavy atom. The molecule has 2 fully saturated rings. The SMILES string of the molecule is CN1CCC(NCC2(O)CCC(N)C2)C1. The van der Waals surface area contributed by atoms with E-state index >= 15 is 0 Å². The van der Waals surface area contributed by atoms with E-state index in [0.717, 1.165) is 32.4 Å². The number of likely N-dealkylation sites (tertiary alicyclic amines) is 1. The van der Waals surface area contributed by atoms with Gasteiger partial charge >= 0.3 is 0 Å². The topological polar surface area (TPSA) is 61.5 Å². The number of aliphatic hydroxyl groups is 1. The average Bonchev–Trinajstić information content (AvgIpc) is 2.71. The number of likely N-dealkylation sites (N-methyl/N-ethyl adjacent to an activating group) is 1. The molecule has 0 amide bonds. The first-order chi connectivity index (χ1) is 7.07. The molecule has 2 aliphatic rings. The van der Waals surface area contributed by atoms with E-state index in [4.69, 9.17) is 5.73 Å². The Hall–Kier alpha value is -0.160. The molecule has 1 heterocycles. The van der Waals surface area contributed by atoms with Gasteiger partial charge in [-0.15, -0.1) is 0 Å². The standard InChI is InChI=1S/C11H23N3O/c1-14-5-3-10(7-14)13-8-11(15)4-2-9(12)6-11/h9-10,13,15H,2-8,12H2,1H3. The van der Waals surface area contributed by atoms with Crippen molar-refractivity contribution < 1.29 is 5.11 Å². The summed E-state index contributed by atoms with van der Waals surface area (Å²) in [7, 11) is 2.14. The van der Waals surface area contributed by atoms with Gasteiger partial charge in [0.05, 0.1) is 5.60 Å². The molecule has 0 spiro atoms. The molecule has 0 aromatic carbocycles. The Morgan fingerprint density at radius 1 is 1.53 bits per heavy atom. The van der Waals surface area contributed by atoms with E-state index < -0.39 is 5.60 Å². The number of nitrogens with two attached hydrogens (primary N) is 1. The van der Waals surface area contributed by atoms with Crippen molar-refractivity contribution in [3.8, 4) is 0 Å². The van der Waals surface area contributed by atoms with Crippen LogP contribution in [0.1, 0.15) is 25.7 Å². The summed E-state index contributed by atoms with van der Waals surface area (Å²) in [5, 5.41) is 13.7. The Labute approximate surface area is 91.8 Å². The summed E-state index contributed by atoms with van der Waals surface area (Å²) in [5.41, 5.74) is 5.28. The summed E-state index contributed by atoms with van der Waals surface area (Å²) < 4.78 is 0. The van der Waals surface area contributed by atoms with Gasteiger partial charge in [0.1, 0.15) is 0 Å². The summed E-state index contributed by atoms with van der Waals surface area (Å²) in [6, 6.07) is 0.749. The van der Waals surface area contributed by atoms with Gasteiger partial charge < -0.3 is 21.1 Å². The highest BCUT2D eigenvalue weighted by Gasteiger charge is 2.36. The predicted octanol–water partition coefficient (Wildman–Crippen LogP) is -0.478. The first-order valence-electron chi connectivity index (χ1n) is 5.97. The second-order valence-corrected chi connectivity index (χ2v) is 5.36. The van der Waals surface area contributed by atoms with Crippen LogP contribution in [0.25, 0.3) is 0 Å². The molecule has 2 rings (SSSR count). The maximum absolute atomic E-state index is 10.2. The van der Waals surface area contributed by atoms with Crippen LogP contribution < -0.4 is 11.1 Å². The van der Waals surface area contributed by atoms with Gasteiger partial charge in [0, 0.05) is 25.2 Å². The van der Waals surface area contributed by atoms with Gasteiger partial charge in [0.25, 0.3) is 0 Å². The van der Waals surface area contributed by atoms with Crippen LogP contribution >= 0.6 is 0 Å². The smallest absolute Gasteiger partial charge is 0.0787 e. The van der Waals surface area contributed by atoms with Gasteiger partial charge in [0.2, 0.25) is 0 Å². The van der Waals surface area contributed by atoms with Crippen LogP contribution in [0.2, 0.25) is 0 Å². The molecule has 1 saturated carbocycles. The van der Waals surface area contributed by atoms with Crippen LogP contribution in [0.5, 0.6) is 0 Å². The van der Waals surface area contributed by atoms with Crippen LogP contribution in [0.3, 0.4) is 0 Å². The Kier molecular flexibility index (Phi) is 3.30. The van der Waals surface area contributed by atoms with E-state index in [1.807, 2.05) is 0 Å². The fourth-order valence-corrected chi connectivity index (χ4v) is 2.74. The molecule has 0 radical (unpaired) electrons. The number of nitrogens with one attached hydrogen (secondary N) is 1. The minimum Gasteiger partial charge on any atom is -0.389 e. The van der Waals surface area contributed by atoms with E-state index in [2.05, 4.69) is 17.3 Å². The molecular weight excluding hydrogens is 190 g/mol. The molecule has 3 atom stereocenters. The molecular formula is C11H23N3O. The van der Waals surface area contributed by atoms with E-state index in [0.29, 0.717) is 12.6 Å². The normalized spacial score (nSPS) is 42.6. The fourth-order valence-electron chi connectivity index (χ4n) is 2.74. The molecule has 88 valence electrons. The van der Waals surface area contributed by atoms with E-state index in [1.165, 1.54) is 6.42 Å². The lowest BCUT2D eigenvalue weighted by Crippen LogP contribution is -2.44. The lowest BCUT2D eigenvalue weighted by molar-refractivity contribution is 0.0439. The molecule has 0 aromatic heterocycles. The molecule has 4 nitrogen and oxygen atoms in total. The van der Waals surface area contributed by atoms with Crippen molar-refractivity contribution in [1.29, 1.82) is 0 Å². The third-order valence-electron chi connectivity index (χ3n) is 3.73. The van der Waals surface area contributed by atoms with Crippen molar-refractivity contribution in [3.63, 3.8) is 0 Å². The van der Waals surface area contributed by atoms with Crippen LogP contribution in [0, 0.1) is 0 Å². The second-order valence-electron chi connectivity index (χ2n) is 5.36. The monoisotopic (exact) mass is 213 g/mol. The summed E-state index contributed by atoms with van der Waals surface area (Å²) >= 11 is 0. The van der Waals surface area contributed by atoms with Crippen molar-refractivity contribution in [2.45, 2.75) is 43.4 Å². The first-order valence-corrected chi connectivity index (χ1v) is 5.97. The molecule has 3 unspecified atom stereocenters. The second kappa shape index (κ2) is 4.37. The molecule has 1 aliphatic heterocycles. The first kappa shape index (κ1) is 11.3. The van der Waals surface area contributed by atoms with Crippen LogP contribution in [0.4, 0.5) is 0 Å². The number of hydrogen-bond donors (Lipinski definition) is 3. The lowest BCUT2D eigenvalue weighted by atomic mass is 10.0. The third kappa shape index (κ3) is 2.91. The molecule has 1 aliphatic carbocycles. The number of hydrogen-bond acceptors (Lipinski definition) is 4. The van der Waals surface area contributed by atoms with Gasteiger partial charge in [-0.05, 0) is 39.3 Å². The molecule has 4 N–H and O–H groups in total. The summed E-state index contributed by atoms with van der Waals surface area (Å²) in [6.07, 6.45) is 3.76. The summed E-state index contributed by atoms with van der Waals surface area (Å²) in [4.78, 5) is 2.32. The molecule has 0 aromatic rings. The lowest BCUT2D eigenvalue weighted by Gasteiger charge is -2.25. The van der Waals surface area contributed by atoms with Gasteiger partial charge in [-0.1, -0.05) is 0 Å². The number of nitrogens with zero attached hydrogens (tertiary/aromatic N) is 1. The summed E-state index contributed by atoms with van der Waals surface area (Å²) in [6.45, 7) is 2.97. The summed E-state index contributed by atoms with van der Waals surface area (Å²) in [5.74, 6) is 0. The van der Waals surface area contributed by atoms with Crippen molar-refractivity contribution >= 4 is 0 Å². The average molecular weight is 213 g/mol. The maximum atomic E-state index is 10.2. The van der Waals surface area contributed by atoms with Gasteiger partial charge in [-0.2, -0.15) is 0 Å². The highest BCUT2D eigenvalue weighted by atomic mass is 16.3. The van der Waals surface area contributed by atoms with Gasteiger partial charge in [-0.25, -0.2) is 0 Å². The van der Waals surface area contributed by atoms with E-state index in [1.54, 1.807) is 0 Å². The Balaban J connectivity index is 1.73. The minimum absolute atomic E-state index is 0.197. The molecule has 1 saturated heterocycles. The maximum Gasteiger partial charge on any atom is 0.0787 e. The van der Waals surface area contributed by atoms with Crippen molar-refractivity contribution in [3.05, 3.63) is 0 Å². The fraction of sp³-hybridized carbons (Fsp3) is 1.00. The molecule has 15 heavy (non-hydrogen) atoms. The minimum atomic E-state index is -0.541. The van der Waals surface area contributed by atoms with E-state index in [9.17, 15) is 5.11 Å². The van der Waals surface area contributed by atoms with Crippen molar-refractivity contribution in [2.24, 2.45) is 5.73 Å². The van der Waals surface area contributed by atoms with Crippen LogP contribution in [-0.2, 0) is 0 Å². The van der Waals surface area contributed by atoms with Gasteiger partial charge in [0.15, 0.2) is 0 Å². The highest BCUT2D eigenvalue weighted by Crippen LogP contribution is 2.28. The molecule has 0 bridgehead atoms. The molecule has 4 heteroatoms. The van der Waals surface area contributed by atoms with Gasteiger partial charge in [-0.3, -0.25) is 0 Å². The zero-order valence-corrected chi connectivity index (χ0v) is 9.58. The third-order valence-corrected chi connectivity index (χ3v) is 3.73. The largest absolute Gasteiger partial charge is 0.389 e. The number of rotatable bonds is 3. The Morgan fingerprint density at radius 2 is 2.33 bits per heavy atom. The quantitative estimate of drug-likeness (QED) is 0.593. The Bertz CT molecular complexity index is 224. The van der Waals surface area contributed by atoms with Crippen molar-refractivity contribution in [1.82, 2.24) is 10.2 Å². The highest BCUT2D eigenvalue weighted by molar-refractivity contribution is 4.94. The predicted molar refractivity (Wildman–Crippen MR) is 60.7 cm³/mol.